The molecule has 0 unspecified atom stereocenters. The summed E-state index contributed by atoms with van der Waals surface area (Å²) in [6.07, 6.45) is -8.86. The van der Waals surface area contributed by atoms with Crippen molar-refractivity contribution in [3.8, 4) is 0 Å². The first-order valence-corrected chi connectivity index (χ1v) is 8.17. The van der Waals surface area contributed by atoms with Crippen LogP contribution in [0.5, 0.6) is 0 Å². The van der Waals surface area contributed by atoms with Crippen molar-refractivity contribution < 1.29 is 34.7 Å². The van der Waals surface area contributed by atoms with Gasteiger partial charge in [-0.15, -0.1) is 0 Å². The van der Waals surface area contributed by atoms with Crippen LogP contribution >= 0.6 is 0 Å². The molecule has 7 heteroatoms. The van der Waals surface area contributed by atoms with Gasteiger partial charge in [0, 0.05) is 0 Å². The van der Waals surface area contributed by atoms with Gasteiger partial charge in [0.15, 0.2) is 12.4 Å². The number of hydrogen-bond donors (Lipinski definition) is 4. The molecule has 0 aromatic heterocycles. The third kappa shape index (κ3) is 3.77. The van der Waals surface area contributed by atoms with E-state index in [1.807, 2.05) is 60.7 Å². The Morgan fingerprint density at radius 2 is 1.35 bits per heavy atom. The number of ether oxygens (including phenoxy) is 2. The Kier molecular flexibility index (Phi) is 5.65. The summed E-state index contributed by atoms with van der Waals surface area (Å²) < 4.78 is 11.1. The SMILES string of the molecule is O=C(O)[C@H]1O[C@@H](OC(c2ccccc2)c2ccccc2)[C@H](O)[C@@H](O)[C@@H]1O. The van der Waals surface area contributed by atoms with Gasteiger partial charge in [-0.2, -0.15) is 0 Å². The lowest BCUT2D eigenvalue weighted by Crippen LogP contribution is -2.60. The summed E-state index contributed by atoms with van der Waals surface area (Å²) in [5, 5.41) is 39.1. The van der Waals surface area contributed by atoms with Gasteiger partial charge >= 0.3 is 5.97 Å². The van der Waals surface area contributed by atoms with Gasteiger partial charge in [-0.25, -0.2) is 4.79 Å². The molecule has 0 saturated carbocycles. The molecule has 7 nitrogen and oxygen atoms in total. The average molecular weight is 360 g/mol. The van der Waals surface area contributed by atoms with E-state index in [0.717, 1.165) is 11.1 Å². The summed E-state index contributed by atoms with van der Waals surface area (Å²) in [5.41, 5.74) is 1.53. The number of carboxylic acid groups (broad SMARTS) is 1. The number of hydrogen-bond acceptors (Lipinski definition) is 6. The molecule has 1 heterocycles. The molecule has 26 heavy (non-hydrogen) atoms. The number of aliphatic hydroxyl groups is 3. The zero-order chi connectivity index (χ0) is 18.7. The van der Waals surface area contributed by atoms with Crippen molar-refractivity contribution in [2.45, 2.75) is 36.8 Å². The maximum Gasteiger partial charge on any atom is 0.335 e. The first-order chi connectivity index (χ1) is 12.5. The molecule has 0 radical (unpaired) electrons. The predicted octanol–water partition coefficient (Wildman–Crippen LogP) is 0.685. The largest absolute Gasteiger partial charge is 0.479 e. The molecular formula is C19H20O7. The number of aliphatic hydroxyl groups excluding tert-OH is 3. The van der Waals surface area contributed by atoms with Crippen LogP contribution in [0.15, 0.2) is 60.7 Å². The standard InChI is InChI=1S/C19H20O7/c20-13-14(21)17(18(23)24)26-19(15(13)22)25-16(11-7-3-1-4-8-11)12-9-5-2-6-10-12/h1-10,13-17,19-22H,(H,23,24)/t13-,14-,15+,17-,19+/m0/s1. The second-order valence-electron chi connectivity index (χ2n) is 6.07. The van der Waals surface area contributed by atoms with Gasteiger partial charge in [0.25, 0.3) is 0 Å². The minimum absolute atomic E-state index is 0.658. The number of carbonyl (C=O) groups is 1. The van der Waals surface area contributed by atoms with Crippen molar-refractivity contribution in [1.82, 2.24) is 0 Å². The Bertz CT molecular complexity index is 682. The third-order valence-electron chi connectivity index (χ3n) is 4.29. The number of rotatable bonds is 5. The minimum atomic E-state index is -1.76. The van der Waals surface area contributed by atoms with Gasteiger partial charge in [-0.1, -0.05) is 60.7 Å². The fraction of sp³-hybridized carbons (Fsp3) is 0.316. The Labute approximate surface area is 150 Å². The van der Waals surface area contributed by atoms with Gasteiger partial charge < -0.3 is 29.9 Å². The molecule has 0 amide bonds. The molecule has 0 spiro atoms. The summed E-state index contributed by atoms with van der Waals surface area (Å²) in [7, 11) is 0. The molecule has 1 fully saturated rings. The number of aliphatic carboxylic acids is 1. The molecule has 3 rings (SSSR count). The predicted molar refractivity (Wildman–Crippen MR) is 90.1 cm³/mol. The normalized spacial score (nSPS) is 28.8. The first kappa shape index (κ1) is 18.5. The molecule has 1 aliphatic heterocycles. The zero-order valence-corrected chi connectivity index (χ0v) is 13.8. The lowest BCUT2D eigenvalue weighted by Gasteiger charge is -2.40. The van der Waals surface area contributed by atoms with Gasteiger partial charge in [-0.3, -0.25) is 0 Å². The van der Waals surface area contributed by atoms with Gasteiger partial charge in [0.1, 0.15) is 24.4 Å². The highest BCUT2D eigenvalue weighted by molar-refractivity contribution is 5.73. The summed E-state index contributed by atoms with van der Waals surface area (Å²) >= 11 is 0. The highest BCUT2D eigenvalue weighted by atomic mass is 16.7. The van der Waals surface area contributed by atoms with Crippen molar-refractivity contribution in [1.29, 1.82) is 0 Å². The van der Waals surface area contributed by atoms with Crippen LogP contribution in [0.1, 0.15) is 17.2 Å². The van der Waals surface area contributed by atoms with Crippen LogP contribution < -0.4 is 0 Å². The molecule has 2 aromatic carbocycles. The molecule has 4 N–H and O–H groups in total. The molecule has 2 aromatic rings. The maximum atomic E-state index is 11.3. The van der Waals surface area contributed by atoms with Crippen LogP contribution in [0, 0.1) is 0 Å². The molecule has 138 valence electrons. The van der Waals surface area contributed by atoms with Crippen molar-refractivity contribution in [2.24, 2.45) is 0 Å². The fourth-order valence-corrected chi connectivity index (χ4v) is 2.90. The van der Waals surface area contributed by atoms with Crippen LogP contribution in [-0.4, -0.2) is 57.1 Å². The first-order valence-electron chi connectivity index (χ1n) is 8.17. The molecule has 0 aliphatic carbocycles. The summed E-state index contributed by atoms with van der Waals surface area (Å²) in [6, 6.07) is 18.3. The van der Waals surface area contributed by atoms with E-state index in [-0.39, 0.29) is 0 Å². The molecule has 5 atom stereocenters. The molecule has 1 aliphatic rings. The van der Waals surface area contributed by atoms with Crippen molar-refractivity contribution in [3.63, 3.8) is 0 Å². The zero-order valence-electron chi connectivity index (χ0n) is 13.8. The molecular weight excluding hydrogens is 340 g/mol. The summed E-state index contributed by atoms with van der Waals surface area (Å²) in [6.45, 7) is 0. The maximum absolute atomic E-state index is 11.3. The van der Waals surface area contributed by atoms with E-state index in [4.69, 9.17) is 14.6 Å². The van der Waals surface area contributed by atoms with Crippen LogP contribution in [-0.2, 0) is 14.3 Å². The second-order valence-corrected chi connectivity index (χ2v) is 6.07. The third-order valence-corrected chi connectivity index (χ3v) is 4.29. The Balaban J connectivity index is 1.90. The van der Waals surface area contributed by atoms with E-state index in [1.54, 1.807) is 0 Å². The molecule has 0 bridgehead atoms. The Hall–Kier alpha value is -2.29. The van der Waals surface area contributed by atoms with Crippen LogP contribution in [0.4, 0.5) is 0 Å². The average Bonchev–Trinajstić information content (AvgIpc) is 2.67. The van der Waals surface area contributed by atoms with E-state index < -0.39 is 42.8 Å². The van der Waals surface area contributed by atoms with E-state index in [0.29, 0.717) is 0 Å². The lowest BCUT2D eigenvalue weighted by atomic mass is 9.98. The van der Waals surface area contributed by atoms with E-state index >= 15 is 0 Å². The Morgan fingerprint density at radius 3 is 1.81 bits per heavy atom. The number of carboxylic acids is 1. The van der Waals surface area contributed by atoms with Gasteiger partial charge in [-0.05, 0) is 11.1 Å². The van der Waals surface area contributed by atoms with Gasteiger partial charge in [0.05, 0.1) is 0 Å². The Morgan fingerprint density at radius 1 is 0.846 bits per heavy atom. The minimum Gasteiger partial charge on any atom is -0.479 e. The smallest absolute Gasteiger partial charge is 0.335 e. The van der Waals surface area contributed by atoms with Crippen LogP contribution in [0.25, 0.3) is 0 Å². The van der Waals surface area contributed by atoms with Crippen molar-refractivity contribution in [2.75, 3.05) is 0 Å². The monoisotopic (exact) mass is 360 g/mol. The fourth-order valence-electron chi connectivity index (χ4n) is 2.90. The topological polar surface area (TPSA) is 116 Å². The van der Waals surface area contributed by atoms with Crippen molar-refractivity contribution in [3.05, 3.63) is 71.8 Å². The highest BCUT2D eigenvalue weighted by Gasteiger charge is 2.48. The van der Waals surface area contributed by atoms with E-state index in [9.17, 15) is 20.1 Å². The quantitative estimate of drug-likeness (QED) is 0.620. The lowest BCUT2D eigenvalue weighted by molar-refractivity contribution is -0.302. The summed E-state index contributed by atoms with van der Waals surface area (Å²) in [4.78, 5) is 11.3. The highest BCUT2D eigenvalue weighted by Crippen LogP contribution is 2.31. The van der Waals surface area contributed by atoms with Gasteiger partial charge in [0.2, 0.25) is 0 Å². The van der Waals surface area contributed by atoms with Crippen LogP contribution in [0.2, 0.25) is 0 Å². The van der Waals surface area contributed by atoms with E-state index in [1.165, 1.54) is 0 Å². The number of benzene rings is 2. The van der Waals surface area contributed by atoms with E-state index in [2.05, 4.69) is 0 Å². The van der Waals surface area contributed by atoms with Crippen molar-refractivity contribution >= 4 is 5.97 Å². The van der Waals surface area contributed by atoms with Crippen LogP contribution in [0.3, 0.4) is 0 Å². The second kappa shape index (κ2) is 7.94. The summed E-state index contributed by atoms with van der Waals surface area (Å²) in [5.74, 6) is -1.45. The molecule has 1 saturated heterocycles.